The van der Waals surface area contributed by atoms with Crippen molar-refractivity contribution in [2.75, 3.05) is 37.0 Å². The van der Waals surface area contributed by atoms with E-state index in [0.29, 0.717) is 12.5 Å². The van der Waals surface area contributed by atoms with Gasteiger partial charge in [0.25, 0.3) is 0 Å². The van der Waals surface area contributed by atoms with E-state index in [4.69, 9.17) is 4.98 Å². The number of hydrogen-bond donors (Lipinski definition) is 0. The van der Waals surface area contributed by atoms with Crippen LogP contribution < -0.4 is 4.90 Å². The highest BCUT2D eigenvalue weighted by molar-refractivity contribution is 7.92. The number of aromatic nitrogens is 3. The Balaban J connectivity index is 1.70. The number of pyridine rings is 1. The fourth-order valence-electron chi connectivity index (χ4n) is 2.91. The van der Waals surface area contributed by atoms with Gasteiger partial charge in [0, 0.05) is 48.6 Å². The quantitative estimate of drug-likeness (QED) is 0.866. The average Bonchev–Trinajstić information content (AvgIpc) is 2.83. The van der Waals surface area contributed by atoms with Crippen LogP contribution in [0.15, 0.2) is 22.8 Å². The maximum Gasteiger partial charge on any atom is 0.206 e. The predicted molar refractivity (Wildman–Crippen MR) is 90.7 cm³/mol. The topological polar surface area (TPSA) is 63.4 Å². The molecule has 3 rings (SSSR count). The van der Waals surface area contributed by atoms with Crippen LogP contribution in [0.25, 0.3) is 11.0 Å². The van der Waals surface area contributed by atoms with Gasteiger partial charge in [-0.3, -0.25) is 9.19 Å². The van der Waals surface area contributed by atoms with Gasteiger partial charge in [0.05, 0.1) is 23.8 Å². The average molecular weight is 321 g/mol. The molecule has 1 aliphatic rings. The Bertz CT molecular complexity index is 774. The van der Waals surface area contributed by atoms with Crippen molar-refractivity contribution in [1.82, 2.24) is 14.5 Å². The van der Waals surface area contributed by atoms with Crippen molar-refractivity contribution in [3.8, 4) is 0 Å². The summed E-state index contributed by atoms with van der Waals surface area (Å²) >= 11 is 0. The van der Waals surface area contributed by atoms with E-state index in [-0.39, 0.29) is 0 Å². The highest BCUT2D eigenvalue weighted by Crippen LogP contribution is 2.25. The van der Waals surface area contributed by atoms with Gasteiger partial charge < -0.3 is 9.47 Å². The first-order valence-electron chi connectivity index (χ1n) is 7.58. The molecular weight excluding hydrogens is 298 g/mol. The van der Waals surface area contributed by atoms with E-state index in [0.717, 1.165) is 42.9 Å². The van der Waals surface area contributed by atoms with Crippen LogP contribution in [0.5, 0.6) is 0 Å². The van der Waals surface area contributed by atoms with Gasteiger partial charge in [0.2, 0.25) is 5.95 Å². The van der Waals surface area contributed by atoms with Crippen LogP contribution >= 0.6 is 0 Å². The zero-order chi connectivity index (χ0) is 15.7. The molecule has 0 atom stereocenters. The number of piperidine rings is 1. The van der Waals surface area contributed by atoms with Crippen molar-refractivity contribution in [3.05, 3.63) is 18.5 Å². The Morgan fingerprint density at radius 2 is 2.09 bits per heavy atom. The lowest BCUT2D eigenvalue weighted by Gasteiger charge is -2.32. The van der Waals surface area contributed by atoms with Gasteiger partial charge in [-0.05, 0) is 24.8 Å². The summed E-state index contributed by atoms with van der Waals surface area (Å²) in [4.78, 5) is 11.2. The first-order chi connectivity index (χ1) is 10.4. The molecule has 0 bridgehead atoms. The fraction of sp³-hybridized carbons (Fsp3) is 0.600. The van der Waals surface area contributed by atoms with Crippen molar-refractivity contribution in [3.63, 3.8) is 0 Å². The summed E-state index contributed by atoms with van der Waals surface area (Å²) in [6, 6.07) is 1.95. The third-order valence-electron chi connectivity index (χ3n) is 4.20. The molecular formula is C15H23N5OS. The summed E-state index contributed by atoms with van der Waals surface area (Å²) < 4.78 is 18.1. The van der Waals surface area contributed by atoms with E-state index in [1.807, 2.05) is 19.3 Å². The molecule has 2 aromatic heterocycles. The molecule has 3 heterocycles. The predicted octanol–water partition coefficient (Wildman–Crippen LogP) is 1.91. The number of hydrogen-bond acceptors (Lipinski definition) is 5. The second kappa shape index (κ2) is 5.87. The standard InChI is InChI=1S/C15H23N5OS/c1-19-14-11-16-7-4-13(14)18-15(19)20-8-5-12(6-9-20)10-17-22(2,3)21/h4,7,11-12H,5-6,8-10H2,1-3H3. The van der Waals surface area contributed by atoms with Gasteiger partial charge in [-0.25, -0.2) is 9.35 Å². The van der Waals surface area contributed by atoms with E-state index in [9.17, 15) is 4.21 Å². The molecule has 2 aromatic rings. The molecule has 1 saturated heterocycles. The van der Waals surface area contributed by atoms with E-state index in [1.54, 1.807) is 18.7 Å². The zero-order valence-corrected chi connectivity index (χ0v) is 14.2. The summed E-state index contributed by atoms with van der Waals surface area (Å²) in [5.74, 6) is 1.54. The Morgan fingerprint density at radius 1 is 1.36 bits per heavy atom. The lowest BCUT2D eigenvalue weighted by atomic mass is 9.97. The third-order valence-corrected chi connectivity index (χ3v) is 4.97. The molecule has 0 unspecified atom stereocenters. The van der Waals surface area contributed by atoms with Crippen LogP contribution in [-0.4, -0.2) is 50.9 Å². The highest BCUT2D eigenvalue weighted by atomic mass is 32.2. The smallest absolute Gasteiger partial charge is 0.206 e. The molecule has 1 aliphatic heterocycles. The molecule has 22 heavy (non-hydrogen) atoms. The minimum absolute atomic E-state index is 0.535. The van der Waals surface area contributed by atoms with Crippen LogP contribution in [0.2, 0.25) is 0 Å². The van der Waals surface area contributed by atoms with Crippen molar-refractivity contribution < 1.29 is 4.21 Å². The number of imidazole rings is 1. The first kappa shape index (κ1) is 15.3. The Labute approximate surface area is 131 Å². The van der Waals surface area contributed by atoms with Crippen molar-refractivity contribution >= 4 is 26.7 Å². The molecule has 0 aliphatic carbocycles. The third kappa shape index (κ3) is 3.24. The van der Waals surface area contributed by atoms with Crippen LogP contribution in [0.1, 0.15) is 12.8 Å². The molecule has 0 N–H and O–H groups in total. The van der Waals surface area contributed by atoms with Gasteiger partial charge in [-0.2, -0.15) is 0 Å². The summed E-state index contributed by atoms with van der Waals surface area (Å²) in [5, 5.41) is 0. The van der Waals surface area contributed by atoms with Gasteiger partial charge in [0.1, 0.15) is 0 Å². The van der Waals surface area contributed by atoms with E-state index >= 15 is 0 Å². The Hall–Kier alpha value is -1.63. The Morgan fingerprint density at radius 3 is 2.73 bits per heavy atom. The summed E-state index contributed by atoms with van der Waals surface area (Å²) in [6.07, 6.45) is 9.18. The summed E-state index contributed by atoms with van der Waals surface area (Å²) in [5.41, 5.74) is 2.05. The number of anilines is 1. The van der Waals surface area contributed by atoms with Gasteiger partial charge >= 0.3 is 0 Å². The maximum atomic E-state index is 11.7. The minimum Gasteiger partial charge on any atom is -0.342 e. The van der Waals surface area contributed by atoms with Crippen LogP contribution in [0, 0.1) is 5.92 Å². The molecule has 0 spiro atoms. The Kier molecular flexibility index (Phi) is 4.08. The highest BCUT2D eigenvalue weighted by Gasteiger charge is 2.22. The van der Waals surface area contributed by atoms with Crippen molar-refractivity contribution in [2.45, 2.75) is 12.8 Å². The molecule has 0 amide bonds. The number of aryl methyl sites for hydroxylation is 1. The number of fused-ring (bicyclic) bond motifs is 1. The van der Waals surface area contributed by atoms with Crippen molar-refractivity contribution in [2.24, 2.45) is 17.3 Å². The molecule has 1 fully saturated rings. The minimum atomic E-state index is -1.98. The molecule has 6 nitrogen and oxygen atoms in total. The summed E-state index contributed by atoms with van der Waals surface area (Å²) in [7, 11) is 0.0635. The van der Waals surface area contributed by atoms with Crippen LogP contribution in [0.4, 0.5) is 5.95 Å². The first-order valence-corrected chi connectivity index (χ1v) is 9.91. The molecule has 0 aromatic carbocycles. The normalized spacial score (nSPS) is 17.1. The maximum absolute atomic E-state index is 11.7. The zero-order valence-electron chi connectivity index (χ0n) is 13.4. The van der Waals surface area contributed by atoms with Gasteiger partial charge in [-0.15, -0.1) is 0 Å². The lowest BCUT2D eigenvalue weighted by Crippen LogP contribution is -2.36. The van der Waals surface area contributed by atoms with E-state index < -0.39 is 9.73 Å². The van der Waals surface area contributed by atoms with E-state index in [1.165, 1.54) is 0 Å². The monoisotopic (exact) mass is 321 g/mol. The van der Waals surface area contributed by atoms with Gasteiger partial charge in [0.15, 0.2) is 0 Å². The largest absolute Gasteiger partial charge is 0.342 e. The number of nitrogens with zero attached hydrogens (tertiary/aromatic N) is 5. The second-order valence-corrected chi connectivity index (χ2v) is 8.88. The van der Waals surface area contributed by atoms with E-state index in [2.05, 4.69) is 18.8 Å². The molecule has 0 radical (unpaired) electrons. The van der Waals surface area contributed by atoms with Crippen LogP contribution in [0.3, 0.4) is 0 Å². The number of rotatable bonds is 3. The second-order valence-electron chi connectivity index (χ2n) is 6.26. The molecule has 120 valence electrons. The van der Waals surface area contributed by atoms with Gasteiger partial charge in [-0.1, -0.05) is 0 Å². The molecule has 0 saturated carbocycles. The SMILES string of the molecule is Cn1c(N2CCC(CN=S(C)(C)=O)CC2)nc2ccncc21. The fourth-order valence-corrected chi connectivity index (χ4v) is 3.48. The lowest BCUT2D eigenvalue weighted by molar-refractivity contribution is 0.411. The molecule has 7 heteroatoms. The van der Waals surface area contributed by atoms with Crippen molar-refractivity contribution in [1.29, 1.82) is 0 Å². The summed E-state index contributed by atoms with van der Waals surface area (Å²) in [6.45, 7) is 2.66. The van der Waals surface area contributed by atoms with Crippen LogP contribution in [-0.2, 0) is 16.8 Å².